The number of aromatic nitrogens is 4. The number of hydrogen-bond acceptors (Lipinski definition) is 4. The predicted molar refractivity (Wildman–Crippen MR) is 94.0 cm³/mol. The predicted octanol–water partition coefficient (Wildman–Crippen LogP) is 3.55. The van der Waals surface area contributed by atoms with Gasteiger partial charge in [-0.05, 0) is 43.7 Å². The minimum absolute atomic E-state index is 0.00406. The summed E-state index contributed by atoms with van der Waals surface area (Å²) >= 11 is 0. The molecule has 0 radical (unpaired) electrons. The van der Waals surface area contributed by atoms with E-state index in [4.69, 9.17) is 0 Å². The fourth-order valence-electron chi connectivity index (χ4n) is 4.14. The van der Waals surface area contributed by atoms with Crippen LogP contribution in [0.15, 0.2) is 30.7 Å². The number of hydrogen-bond donors (Lipinski definition) is 0. The molecule has 4 rings (SSSR count). The first-order valence-corrected chi connectivity index (χ1v) is 9.45. The summed E-state index contributed by atoms with van der Waals surface area (Å²) in [7, 11) is 0. The minimum atomic E-state index is -0.00406. The van der Waals surface area contributed by atoms with Crippen molar-refractivity contribution in [3.63, 3.8) is 0 Å². The number of rotatable bonds is 3. The zero-order valence-corrected chi connectivity index (χ0v) is 14.5. The topological polar surface area (TPSA) is 63.9 Å². The van der Waals surface area contributed by atoms with E-state index in [0.717, 1.165) is 44.2 Å². The zero-order valence-electron chi connectivity index (χ0n) is 14.5. The number of carbonyl (C=O) groups is 1. The van der Waals surface area contributed by atoms with Crippen molar-refractivity contribution >= 4 is 5.91 Å². The molecule has 1 saturated carbocycles. The third kappa shape index (κ3) is 3.43. The Morgan fingerprint density at radius 2 is 1.92 bits per heavy atom. The fourth-order valence-corrected chi connectivity index (χ4v) is 4.14. The van der Waals surface area contributed by atoms with Gasteiger partial charge in [0.25, 0.3) is 5.91 Å². The van der Waals surface area contributed by atoms with Crippen molar-refractivity contribution in [2.45, 2.75) is 63.5 Å². The van der Waals surface area contributed by atoms with Crippen LogP contribution in [0.2, 0.25) is 0 Å². The zero-order chi connectivity index (χ0) is 17.1. The maximum atomic E-state index is 13.1. The highest BCUT2D eigenvalue weighted by Gasteiger charge is 2.30. The quantitative estimate of drug-likeness (QED) is 0.858. The second-order valence-corrected chi connectivity index (χ2v) is 7.17. The fraction of sp³-hybridized carbons (Fsp3) is 0.579. The van der Waals surface area contributed by atoms with Crippen LogP contribution in [-0.2, 0) is 0 Å². The van der Waals surface area contributed by atoms with Crippen molar-refractivity contribution in [3.05, 3.63) is 42.0 Å². The van der Waals surface area contributed by atoms with Crippen LogP contribution in [0.3, 0.4) is 0 Å². The summed E-state index contributed by atoms with van der Waals surface area (Å²) in [6.45, 7) is 0.773. The first kappa shape index (κ1) is 16.2. The van der Waals surface area contributed by atoms with Gasteiger partial charge in [-0.1, -0.05) is 30.5 Å². The van der Waals surface area contributed by atoms with Crippen LogP contribution in [0.1, 0.15) is 79.5 Å². The van der Waals surface area contributed by atoms with Crippen molar-refractivity contribution in [1.82, 2.24) is 24.9 Å². The molecular formula is C19H25N5O. The van der Waals surface area contributed by atoms with E-state index in [1.807, 2.05) is 28.0 Å². The van der Waals surface area contributed by atoms with E-state index in [1.165, 1.54) is 19.3 Å². The van der Waals surface area contributed by atoms with Gasteiger partial charge >= 0.3 is 0 Å². The molecule has 0 aromatic carbocycles. The lowest BCUT2D eigenvalue weighted by Crippen LogP contribution is -2.38. The third-order valence-corrected chi connectivity index (χ3v) is 5.51. The molecule has 0 spiro atoms. The molecule has 2 aliphatic rings. The molecule has 1 saturated heterocycles. The van der Waals surface area contributed by atoms with Gasteiger partial charge in [-0.15, -0.1) is 5.10 Å². The van der Waals surface area contributed by atoms with Gasteiger partial charge in [-0.25, -0.2) is 4.68 Å². The van der Waals surface area contributed by atoms with Gasteiger partial charge in [0, 0.05) is 18.9 Å². The van der Waals surface area contributed by atoms with E-state index in [0.29, 0.717) is 11.7 Å². The van der Waals surface area contributed by atoms with Crippen molar-refractivity contribution in [2.24, 2.45) is 0 Å². The number of likely N-dealkylation sites (tertiary alicyclic amines) is 1. The van der Waals surface area contributed by atoms with E-state index in [9.17, 15) is 4.79 Å². The van der Waals surface area contributed by atoms with E-state index in [-0.39, 0.29) is 11.9 Å². The van der Waals surface area contributed by atoms with Gasteiger partial charge < -0.3 is 4.90 Å². The van der Waals surface area contributed by atoms with Gasteiger partial charge in [0.2, 0.25) is 0 Å². The summed E-state index contributed by atoms with van der Waals surface area (Å²) < 4.78 is 1.91. The second-order valence-electron chi connectivity index (χ2n) is 7.17. The Morgan fingerprint density at radius 3 is 2.72 bits per heavy atom. The number of amides is 1. The molecule has 2 aromatic rings. The maximum Gasteiger partial charge on any atom is 0.276 e. The summed E-state index contributed by atoms with van der Waals surface area (Å²) in [6.07, 6.45) is 14.7. The smallest absolute Gasteiger partial charge is 0.276 e. The Morgan fingerprint density at radius 1 is 1.08 bits per heavy atom. The molecule has 1 aliphatic carbocycles. The van der Waals surface area contributed by atoms with Gasteiger partial charge in [-0.3, -0.25) is 9.78 Å². The summed E-state index contributed by atoms with van der Waals surface area (Å²) in [4.78, 5) is 19.2. The molecule has 1 aliphatic heterocycles. The molecule has 0 bridgehead atoms. The highest BCUT2D eigenvalue weighted by Crippen LogP contribution is 2.32. The standard InChI is InChI=1S/C19H25N5O/c25-19(17-14-24(22-21-17)16-8-2-1-3-9-16)23-12-5-4-10-18(23)15-7-6-11-20-13-15/h6-7,11,13-14,16,18H,1-5,8-10,12H2. The van der Waals surface area contributed by atoms with E-state index in [1.54, 1.807) is 6.20 Å². The Kier molecular flexibility index (Phi) is 4.76. The van der Waals surface area contributed by atoms with Crippen LogP contribution < -0.4 is 0 Å². The number of pyridine rings is 1. The van der Waals surface area contributed by atoms with Gasteiger partial charge in [0.15, 0.2) is 5.69 Å². The summed E-state index contributed by atoms with van der Waals surface area (Å²) in [6, 6.07) is 4.49. The molecule has 1 atom stereocenters. The first-order chi connectivity index (χ1) is 12.3. The molecule has 3 heterocycles. The third-order valence-electron chi connectivity index (χ3n) is 5.51. The highest BCUT2D eigenvalue weighted by atomic mass is 16.2. The van der Waals surface area contributed by atoms with Gasteiger partial charge in [0.05, 0.1) is 18.3 Å². The highest BCUT2D eigenvalue weighted by molar-refractivity contribution is 5.92. The Hall–Kier alpha value is -2.24. The minimum Gasteiger partial charge on any atom is -0.330 e. The summed E-state index contributed by atoms with van der Waals surface area (Å²) in [5.41, 5.74) is 1.58. The normalized spacial score (nSPS) is 22.1. The Labute approximate surface area is 148 Å². The van der Waals surface area contributed by atoms with Crippen LogP contribution in [0.4, 0.5) is 0 Å². The number of carbonyl (C=O) groups excluding carboxylic acids is 1. The number of piperidine rings is 1. The Balaban J connectivity index is 1.53. The van der Waals surface area contributed by atoms with Gasteiger partial charge in [-0.2, -0.15) is 0 Å². The molecule has 132 valence electrons. The molecule has 25 heavy (non-hydrogen) atoms. The van der Waals surface area contributed by atoms with Crippen molar-refractivity contribution in [2.75, 3.05) is 6.54 Å². The van der Waals surface area contributed by atoms with E-state index >= 15 is 0 Å². The van der Waals surface area contributed by atoms with Crippen LogP contribution >= 0.6 is 0 Å². The largest absolute Gasteiger partial charge is 0.330 e. The average molecular weight is 339 g/mol. The van der Waals surface area contributed by atoms with Crippen LogP contribution in [0.5, 0.6) is 0 Å². The lowest BCUT2D eigenvalue weighted by molar-refractivity contribution is 0.0605. The van der Waals surface area contributed by atoms with Crippen LogP contribution in [-0.4, -0.2) is 37.3 Å². The van der Waals surface area contributed by atoms with Crippen molar-refractivity contribution in [3.8, 4) is 0 Å². The first-order valence-electron chi connectivity index (χ1n) is 9.45. The van der Waals surface area contributed by atoms with Crippen LogP contribution in [0, 0.1) is 0 Å². The van der Waals surface area contributed by atoms with E-state index < -0.39 is 0 Å². The molecule has 6 heteroatoms. The molecule has 1 unspecified atom stereocenters. The second kappa shape index (κ2) is 7.33. The van der Waals surface area contributed by atoms with Gasteiger partial charge in [0.1, 0.15) is 0 Å². The van der Waals surface area contributed by atoms with Crippen molar-refractivity contribution < 1.29 is 4.79 Å². The molecular weight excluding hydrogens is 314 g/mol. The molecule has 1 amide bonds. The lowest BCUT2D eigenvalue weighted by atomic mass is 9.95. The summed E-state index contributed by atoms with van der Waals surface area (Å²) in [5, 5.41) is 8.46. The molecule has 2 fully saturated rings. The molecule has 0 N–H and O–H groups in total. The van der Waals surface area contributed by atoms with Crippen LogP contribution in [0.25, 0.3) is 0 Å². The maximum absolute atomic E-state index is 13.1. The molecule has 6 nitrogen and oxygen atoms in total. The van der Waals surface area contributed by atoms with Crippen molar-refractivity contribution in [1.29, 1.82) is 0 Å². The lowest BCUT2D eigenvalue weighted by Gasteiger charge is -2.35. The number of nitrogens with zero attached hydrogens (tertiary/aromatic N) is 5. The molecule has 2 aromatic heterocycles. The van der Waals surface area contributed by atoms with E-state index in [2.05, 4.69) is 21.4 Å². The SMILES string of the molecule is O=C(c1cn(C2CCCCC2)nn1)N1CCCCC1c1cccnc1. The Bertz CT molecular complexity index is 708. The monoisotopic (exact) mass is 339 g/mol. The average Bonchev–Trinajstić information content (AvgIpc) is 3.19. The summed E-state index contributed by atoms with van der Waals surface area (Å²) in [5.74, 6) is -0.00406.